The quantitative estimate of drug-likeness (QED) is 0.669. The maximum Gasteiger partial charge on any atom is 0.121 e. The largest absolute Gasteiger partial charge is 0.508 e. The second kappa shape index (κ2) is 5.81. The van der Waals surface area contributed by atoms with Crippen LogP contribution in [0.1, 0.15) is 16.7 Å². The Bertz CT molecular complexity index is 845. The van der Waals surface area contributed by atoms with Crippen molar-refractivity contribution in [1.82, 2.24) is 0 Å². The minimum atomic E-state index is 0.274. The van der Waals surface area contributed by atoms with Crippen LogP contribution in [0.4, 0.5) is 0 Å². The lowest BCUT2D eigenvalue weighted by molar-refractivity contribution is 0.466. The van der Waals surface area contributed by atoms with Crippen LogP contribution in [-0.2, 0) is 0 Å². The molecule has 0 unspecified atom stereocenters. The van der Waals surface area contributed by atoms with Crippen LogP contribution in [0.15, 0.2) is 54.6 Å². The van der Waals surface area contributed by atoms with Crippen LogP contribution in [0.2, 0.25) is 0 Å². The Morgan fingerprint density at radius 1 is 0.609 bits per heavy atom. The van der Waals surface area contributed by atoms with Gasteiger partial charge in [-0.2, -0.15) is 0 Å². The molecule has 2 heteroatoms. The number of benzene rings is 3. The van der Waals surface area contributed by atoms with Gasteiger partial charge in [-0.15, -0.1) is 0 Å². The lowest BCUT2D eigenvalue weighted by Crippen LogP contribution is -1.91. The molecule has 0 spiro atoms. The molecule has 3 aromatic carbocycles. The summed E-state index contributed by atoms with van der Waals surface area (Å²) in [6, 6.07) is 17.6. The topological polar surface area (TPSA) is 40.5 Å². The molecule has 0 amide bonds. The van der Waals surface area contributed by atoms with E-state index in [1.165, 1.54) is 0 Å². The lowest BCUT2D eigenvalue weighted by Gasteiger charge is -2.14. The Balaban J connectivity index is 2.02. The van der Waals surface area contributed by atoms with E-state index in [9.17, 15) is 10.2 Å². The van der Waals surface area contributed by atoms with Gasteiger partial charge in [-0.05, 0) is 77.9 Å². The summed E-state index contributed by atoms with van der Waals surface area (Å²) in [6.45, 7) is 5.92. The Labute approximate surface area is 136 Å². The van der Waals surface area contributed by atoms with Crippen LogP contribution in [0.25, 0.3) is 22.3 Å². The number of phenols is 2. The van der Waals surface area contributed by atoms with Crippen LogP contribution in [0, 0.1) is 20.8 Å². The zero-order valence-electron chi connectivity index (χ0n) is 13.6. The monoisotopic (exact) mass is 304 g/mol. The Morgan fingerprint density at radius 2 is 1.09 bits per heavy atom. The highest BCUT2D eigenvalue weighted by Gasteiger charge is 2.11. The van der Waals surface area contributed by atoms with Gasteiger partial charge in [0.25, 0.3) is 0 Å². The van der Waals surface area contributed by atoms with E-state index in [0.29, 0.717) is 5.75 Å². The molecule has 0 radical (unpaired) electrons. The molecular formula is C21H20O2. The van der Waals surface area contributed by atoms with Crippen LogP contribution < -0.4 is 0 Å². The fraction of sp³-hybridized carbons (Fsp3) is 0.143. The van der Waals surface area contributed by atoms with E-state index in [0.717, 1.165) is 38.9 Å². The molecule has 0 atom stereocenters. The normalized spacial score (nSPS) is 10.7. The van der Waals surface area contributed by atoms with Crippen molar-refractivity contribution in [2.75, 3.05) is 0 Å². The number of aromatic hydroxyl groups is 2. The van der Waals surface area contributed by atoms with Crippen LogP contribution in [0.5, 0.6) is 11.5 Å². The molecule has 0 bridgehead atoms. The molecule has 0 aliphatic carbocycles. The van der Waals surface area contributed by atoms with E-state index in [1.54, 1.807) is 12.1 Å². The average Bonchev–Trinajstić information content (AvgIpc) is 2.57. The Kier molecular flexibility index (Phi) is 3.83. The highest BCUT2D eigenvalue weighted by atomic mass is 16.3. The van der Waals surface area contributed by atoms with Gasteiger partial charge in [-0.25, -0.2) is 0 Å². The minimum Gasteiger partial charge on any atom is -0.508 e. The molecule has 0 aliphatic heterocycles. The lowest BCUT2D eigenvalue weighted by atomic mass is 9.92. The van der Waals surface area contributed by atoms with E-state index in [2.05, 4.69) is 24.3 Å². The van der Waals surface area contributed by atoms with Crippen molar-refractivity contribution in [3.05, 3.63) is 71.3 Å². The van der Waals surface area contributed by atoms with Crippen molar-refractivity contribution in [3.8, 4) is 33.8 Å². The van der Waals surface area contributed by atoms with E-state index >= 15 is 0 Å². The molecule has 0 aliphatic rings. The Hall–Kier alpha value is -2.74. The molecule has 2 nitrogen and oxygen atoms in total. The van der Waals surface area contributed by atoms with Gasteiger partial charge in [-0.1, -0.05) is 36.4 Å². The second-order valence-corrected chi connectivity index (χ2v) is 5.96. The van der Waals surface area contributed by atoms with Gasteiger partial charge in [0.2, 0.25) is 0 Å². The molecule has 116 valence electrons. The molecule has 3 aromatic rings. The van der Waals surface area contributed by atoms with E-state index in [4.69, 9.17) is 0 Å². The smallest absolute Gasteiger partial charge is 0.121 e. The van der Waals surface area contributed by atoms with Crippen LogP contribution in [-0.4, -0.2) is 10.2 Å². The summed E-state index contributed by atoms with van der Waals surface area (Å²) in [5, 5.41) is 19.4. The van der Waals surface area contributed by atoms with Gasteiger partial charge in [0.05, 0.1) is 0 Å². The molecule has 0 heterocycles. The molecule has 0 aromatic heterocycles. The fourth-order valence-corrected chi connectivity index (χ4v) is 2.86. The first-order chi connectivity index (χ1) is 11.0. The summed E-state index contributed by atoms with van der Waals surface area (Å²) in [7, 11) is 0. The van der Waals surface area contributed by atoms with Gasteiger partial charge < -0.3 is 10.2 Å². The van der Waals surface area contributed by atoms with E-state index < -0.39 is 0 Å². The number of rotatable bonds is 2. The predicted octanol–water partition coefficient (Wildman–Crippen LogP) is 5.36. The number of hydrogen-bond acceptors (Lipinski definition) is 2. The molecule has 3 rings (SSSR count). The third-order valence-electron chi connectivity index (χ3n) is 4.45. The average molecular weight is 304 g/mol. The SMILES string of the molecule is Cc1cc(-c2ccc(-c3ccc(O)cc3)cc2)c(C)c(C)c1O. The first kappa shape index (κ1) is 15.2. The number of hydrogen-bond donors (Lipinski definition) is 2. The highest BCUT2D eigenvalue weighted by molar-refractivity contribution is 5.74. The van der Waals surface area contributed by atoms with Gasteiger partial charge >= 0.3 is 0 Å². The number of phenolic OH excluding ortho intramolecular Hbond substituents is 2. The maximum absolute atomic E-state index is 10.1. The summed E-state index contributed by atoms with van der Waals surface area (Å²) in [4.78, 5) is 0. The summed E-state index contributed by atoms with van der Waals surface area (Å²) >= 11 is 0. The summed E-state index contributed by atoms with van der Waals surface area (Å²) in [6.07, 6.45) is 0. The molecular weight excluding hydrogens is 284 g/mol. The van der Waals surface area contributed by atoms with Crippen molar-refractivity contribution in [1.29, 1.82) is 0 Å². The van der Waals surface area contributed by atoms with E-state index in [1.807, 2.05) is 39.0 Å². The zero-order chi connectivity index (χ0) is 16.6. The van der Waals surface area contributed by atoms with Crippen molar-refractivity contribution < 1.29 is 10.2 Å². The summed E-state index contributed by atoms with van der Waals surface area (Å²) < 4.78 is 0. The predicted molar refractivity (Wildman–Crippen MR) is 94.9 cm³/mol. The summed E-state index contributed by atoms with van der Waals surface area (Å²) in [5.41, 5.74) is 7.40. The maximum atomic E-state index is 10.1. The van der Waals surface area contributed by atoms with Gasteiger partial charge in [-0.3, -0.25) is 0 Å². The first-order valence-electron chi connectivity index (χ1n) is 7.67. The number of aryl methyl sites for hydroxylation is 1. The van der Waals surface area contributed by atoms with Crippen LogP contribution in [0.3, 0.4) is 0 Å². The Morgan fingerprint density at radius 3 is 1.65 bits per heavy atom. The van der Waals surface area contributed by atoms with Crippen molar-refractivity contribution in [2.24, 2.45) is 0 Å². The molecule has 0 saturated carbocycles. The standard InChI is InChI=1S/C21H20O2/c1-13-12-20(14(2)15(3)21(13)23)18-6-4-16(5-7-18)17-8-10-19(22)11-9-17/h4-12,22-23H,1-3H3. The molecule has 23 heavy (non-hydrogen) atoms. The summed E-state index contributed by atoms with van der Waals surface area (Å²) in [5.74, 6) is 0.656. The van der Waals surface area contributed by atoms with Crippen molar-refractivity contribution in [3.63, 3.8) is 0 Å². The minimum absolute atomic E-state index is 0.274. The van der Waals surface area contributed by atoms with Crippen molar-refractivity contribution in [2.45, 2.75) is 20.8 Å². The van der Waals surface area contributed by atoms with Crippen LogP contribution >= 0.6 is 0 Å². The van der Waals surface area contributed by atoms with Crippen molar-refractivity contribution >= 4 is 0 Å². The first-order valence-corrected chi connectivity index (χ1v) is 7.67. The van der Waals surface area contributed by atoms with Gasteiger partial charge in [0, 0.05) is 0 Å². The fourth-order valence-electron chi connectivity index (χ4n) is 2.86. The van der Waals surface area contributed by atoms with Gasteiger partial charge in [0.1, 0.15) is 11.5 Å². The third kappa shape index (κ3) is 2.80. The molecule has 0 saturated heterocycles. The third-order valence-corrected chi connectivity index (χ3v) is 4.45. The molecule has 2 N–H and O–H groups in total. The van der Waals surface area contributed by atoms with Gasteiger partial charge in [0.15, 0.2) is 0 Å². The van der Waals surface area contributed by atoms with E-state index in [-0.39, 0.29) is 5.75 Å². The highest BCUT2D eigenvalue weighted by Crippen LogP contribution is 2.34. The zero-order valence-corrected chi connectivity index (χ0v) is 13.6. The molecule has 0 fully saturated rings. The second-order valence-electron chi connectivity index (χ2n) is 5.96.